The molecule has 0 aliphatic carbocycles. The molecule has 2 aromatic carbocycles. The Morgan fingerprint density at radius 1 is 1.03 bits per heavy atom. The maximum atomic E-state index is 12.5. The fourth-order valence-electron chi connectivity index (χ4n) is 2.82. The van der Waals surface area contributed by atoms with Gasteiger partial charge in [-0.3, -0.25) is 9.59 Å². The zero-order valence-corrected chi connectivity index (χ0v) is 17.9. The molecular formula is C22H32N6O2. The second-order valence-electron chi connectivity index (χ2n) is 6.02. The van der Waals surface area contributed by atoms with Crippen molar-refractivity contribution < 1.29 is 9.59 Å². The number of aliphatic imine (C=N–C) groups is 1. The van der Waals surface area contributed by atoms with Gasteiger partial charge in [0.1, 0.15) is 5.84 Å². The summed E-state index contributed by atoms with van der Waals surface area (Å²) in [6.45, 7) is 7.01. The van der Waals surface area contributed by atoms with Crippen molar-refractivity contribution in [1.29, 1.82) is 0 Å². The molecule has 1 amide bonds. The van der Waals surface area contributed by atoms with Crippen LogP contribution in [0.25, 0.3) is 0 Å². The Hall–Kier alpha value is -3.23. The maximum absolute atomic E-state index is 12.5. The van der Waals surface area contributed by atoms with Crippen molar-refractivity contribution in [3.05, 3.63) is 59.2 Å². The number of amides is 1. The molecule has 30 heavy (non-hydrogen) atoms. The van der Waals surface area contributed by atoms with Crippen LogP contribution in [-0.2, 0) is 0 Å². The number of nitrogen functional groups attached to an aromatic ring is 1. The van der Waals surface area contributed by atoms with Gasteiger partial charge in [-0.25, -0.2) is 4.99 Å². The molecule has 0 bridgehead atoms. The maximum Gasteiger partial charge on any atom is 0.253 e. The summed E-state index contributed by atoms with van der Waals surface area (Å²) < 4.78 is 0. The Morgan fingerprint density at radius 3 is 2.17 bits per heavy atom. The minimum atomic E-state index is 0.00380. The third-order valence-corrected chi connectivity index (χ3v) is 4.29. The van der Waals surface area contributed by atoms with E-state index in [9.17, 15) is 9.59 Å². The molecule has 0 saturated carbocycles. The fraction of sp³-hybridized carbons (Fsp3) is 0.318. The number of aldehydes is 1. The number of hydrogen-bond acceptors (Lipinski definition) is 6. The van der Waals surface area contributed by atoms with E-state index in [4.69, 9.17) is 11.5 Å². The molecular weight excluding hydrogens is 380 g/mol. The smallest absolute Gasteiger partial charge is 0.253 e. The SMILES string of the molecule is CC.CN.NC(=Nc1c(N)cccc1C=O)c1ccc(C(=O)N2CCNCC2)cc1. The van der Waals surface area contributed by atoms with Gasteiger partial charge in [-0.05, 0) is 31.3 Å². The number of anilines is 1. The second-order valence-corrected chi connectivity index (χ2v) is 6.02. The molecule has 1 fully saturated rings. The van der Waals surface area contributed by atoms with E-state index < -0.39 is 0 Å². The predicted octanol–water partition coefficient (Wildman–Crippen LogP) is 1.76. The Kier molecular flexibility index (Phi) is 10.8. The Bertz CT molecular complexity index is 843. The molecule has 0 unspecified atom stereocenters. The molecule has 0 spiro atoms. The summed E-state index contributed by atoms with van der Waals surface area (Å²) >= 11 is 0. The average Bonchev–Trinajstić information content (AvgIpc) is 2.83. The quantitative estimate of drug-likeness (QED) is 0.261. The van der Waals surface area contributed by atoms with Crippen LogP contribution < -0.4 is 22.5 Å². The lowest BCUT2D eigenvalue weighted by atomic mass is 10.1. The lowest BCUT2D eigenvalue weighted by Crippen LogP contribution is -2.46. The van der Waals surface area contributed by atoms with E-state index >= 15 is 0 Å². The topological polar surface area (TPSA) is 140 Å². The first-order chi connectivity index (χ1) is 14.6. The normalized spacial score (nSPS) is 13.3. The van der Waals surface area contributed by atoms with Crippen LogP contribution >= 0.6 is 0 Å². The minimum Gasteiger partial charge on any atom is -0.397 e. The van der Waals surface area contributed by atoms with Gasteiger partial charge in [0.15, 0.2) is 6.29 Å². The highest BCUT2D eigenvalue weighted by Gasteiger charge is 2.17. The molecule has 0 aromatic heterocycles. The molecule has 8 nitrogen and oxygen atoms in total. The van der Waals surface area contributed by atoms with E-state index in [-0.39, 0.29) is 11.7 Å². The third kappa shape index (κ3) is 6.40. The van der Waals surface area contributed by atoms with E-state index in [0.29, 0.717) is 47.4 Å². The second kappa shape index (κ2) is 13.1. The Balaban J connectivity index is 0.00000106. The summed E-state index contributed by atoms with van der Waals surface area (Å²) in [4.78, 5) is 29.8. The molecule has 162 valence electrons. The molecule has 7 N–H and O–H groups in total. The van der Waals surface area contributed by atoms with Gasteiger partial charge in [0.2, 0.25) is 0 Å². The first-order valence-electron chi connectivity index (χ1n) is 9.96. The Labute approximate surface area is 178 Å². The van der Waals surface area contributed by atoms with E-state index in [1.54, 1.807) is 42.5 Å². The van der Waals surface area contributed by atoms with Gasteiger partial charge in [-0.2, -0.15) is 0 Å². The van der Waals surface area contributed by atoms with Crippen LogP contribution in [0.4, 0.5) is 11.4 Å². The summed E-state index contributed by atoms with van der Waals surface area (Å²) in [5.41, 5.74) is 18.8. The van der Waals surface area contributed by atoms with Crippen LogP contribution in [0.1, 0.15) is 40.1 Å². The monoisotopic (exact) mass is 412 g/mol. The predicted molar refractivity (Wildman–Crippen MR) is 123 cm³/mol. The lowest BCUT2D eigenvalue weighted by molar-refractivity contribution is 0.0735. The molecule has 8 heteroatoms. The number of rotatable bonds is 4. The number of piperazine rings is 1. The molecule has 1 saturated heterocycles. The number of carbonyl (C=O) groups is 2. The lowest BCUT2D eigenvalue weighted by Gasteiger charge is -2.27. The molecule has 1 aliphatic heterocycles. The van der Waals surface area contributed by atoms with Crippen LogP contribution in [0.5, 0.6) is 0 Å². The van der Waals surface area contributed by atoms with Gasteiger partial charge in [-0.15, -0.1) is 0 Å². The zero-order chi connectivity index (χ0) is 22.5. The highest BCUT2D eigenvalue weighted by atomic mass is 16.2. The van der Waals surface area contributed by atoms with Crippen molar-refractivity contribution in [2.75, 3.05) is 39.0 Å². The summed E-state index contributed by atoms with van der Waals surface area (Å²) in [5.74, 6) is 0.233. The largest absolute Gasteiger partial charge is 0.397 e. The molecule has 2 aromatic rings. The zero-order valence-electron chi connectivity index (χ0n) is 17.9. The number of hydrogen-bond donors (Lipinski definition) is 4. The number of nitrogens with one attached hydrogen (secondary N) is 1. The molecule has 0 radical (unpaired) electrons. The first-order valence-corrected chi connectivity index (χ1v) is 9.96. The van der Waals surface area contributed by atoms with Crippen molar-refractivity contribution in [1.82, 2.24) is 10.2 Å². The van der Waals surface area contributed by atoms with E-state index in [1.807, 2.05) is 18.7 Å². The minimum absolute atomic E-state index is 0.00380. The van der Waals surface area contributed by atoms with Gasteiger partial charge in [-0.1, -0.05) is 32.0 Å². The number of nitrogens with two attached hydrogens (primary N) is 3. The molecule has 1 heterocycles. The Morgan fingerprint density at radius 2 is 1.60 bits per heavy atom. The van der Waals surface area contributed by atoms with Crippen LogP contribution in [0, 0.1) is 0 Å². The van der Waals surface area contributed by atoms with Gasteiger partial charge in [0.05, 0.1) is 11.4 Å². The number of amidine groups is 1. The van der Waals surface area contributed by atoms with Crippen LogP contribution in [0.3, 0.4) is 0 Å². The molecule has 1 aliphatic rings. The standard InChI is InChI=1S/C19H21N5O2.C2H6.CH5N/c20-16-3-1-2-15(12-25)17(16)23-18(21)13-4-6-14(7-5-13)19(26)24-10-8-22-9-11-24;2*1-2/h1-7,12,22H,8-11,20H2,(H2,21,23);1-2H3;2H2,1H3. The summed E-state index contributed by atoms with van der Waals surface area (Å²) in [7, 11) is 1.50. The number of benzene rings is 2. The van der Waals surface area contributed by atoms with Crippen molar-refractivity contribution in [3.8, 4) is 0 Å². The summed E-state index contributed by atoms with van der Waals surface area (Å²) in [6.07, 6.45) is 0.692. The number of carbonyl (C=O) groups excluding carboxylic acids is 2. The highest BCUT2D eigenvalue weighted by Crippen LogP contribution is 2.26. The van der Waals surface area contributed by atoms with Crippen molar-refractivity contribution in [3.63, 3.8) is 0 Å². The molecule has 3 rings (SSSR count). The summed E-state index contributed by atoms with van der Waals surface area (Å²) in [6, 6.07) is 11.9. The van der Waals surface area contributed by atoms with Crippen molar-refractivity contribution in [2.24, 2.45) is 16.5 Å². The van der Waals surface area contributed by atoms with Gasteiger partial charge >= 0.3 is 0 Å². The van der Waals surface area contributed by atoms with Crippen molar-refractivity contribution >= 4 is 29.4 Å². The van der Waals surface area contributed by atoms with E-state index in [2.05, 4.69) is 16.0 Å². The molecule has 0 atom stereocenters. The van der Waals surface area contributed by atoms with Gasteiger partial charge in [0.25, 0.3) is 5.91 Å². The van der Waals surface area contributed by atoms with Crippen LogP contribution in [0.2, 0.25) is 0 Å². The van der Waals surface area contributed by atoms with Gasteiger partial charge < -0.3 is 27.4 Å². The third-order valence-electron chi connectivity index (χ3n) is 4.29. The van der Waals surface area contributed by atoms with Crippen molar-refractivity contribution in [2.45, 2.75) is 13.8 Å². The number of nitrogens with zero attached hydrogens (tertiary/aromatic N) is 2. The van der Waals surface area contributed by atoms with Crippen LogP contribution in [0.15, 0.2) is 47.5 Å². The van der Waals surface area contributed by atoms with Gasteiger partial charge in [0, 0.05) is 42.9 Å². The highest BCUT2D eigenvalue weighted by molar-refractivity contribution is 6.02. The number of para-hydroxylation sites is 1. The summed E-state index contributed by atoms with van der Waals surface area (Å²) in [5, 5.41) is 3.22. The fourth-order valence-corrected chi connectivity index (χ4v) is 2.82. The van der Waals surface area contributed by atoms with Crippen LogP contribution in [-0.4, -0.2) is 56.2 Å². The average molecular weight is 413 g/mol. The van der Waals surface area contributed by atoms with E-state index in [0.717, 1.165) is 13.1 Å². The first kappa shape index (κ1) is 24.8. The van der Waals surface area contributed by atoms with E-state index in [1.165, 1.54) is 7.05 Å².